The maximum absolute atomic E-state index is 12.2. The van der Waals surface area contributed by atoms with Gasteiger partial charge in [-0.25, -0.2) is 0 Å². The van der Waals surface area contributed by atoms with Crippen LogP contribution in [0, 0.1) is 10.1 Å². The third-order valence-corrected chi connectivity index (χ3v) is 5.06. The van der Waals surface area contributed by atoms with Gasteiger partial charge in [-0.2, -0.15) is 0 Å². The smallest absolute Gasteiger partial charge is 0.270 e. The standard InChI is InChI=1S/C21H19N5O5S/c1-31-17-7-3-5-15(13-17)20(28)22-11-10-19-24-25-21(32-19)23-18(27)9-8-14-4-2-6-16(12-14)26(29)30/h2-9,12-13H,10-11H2,1H3,(H,22,28)(H,23,25,27)/b9-8+. The Hall–Kier alpha value is -4.12. The summed E-state index contributed by atoms with van der Waals surface area (Å²) in [6.45, 7) is 0.352. The number of non-ortho nitro benzene ring substituents is 1. The molecule has 1 heterocycles. The number of ether oxygens (including phenoxy) is 1. The molecule has 2 amide bonds. The van der Waals surface area contributed by atoms with Crippen molar-refractivity contribution in [2.75, 3.05) is 19.0 Å². The van der Waals surface area contributed by atoms with Crippen LogP contribution in [0.2, 0.25) is 0 Å². The number of carbonyl (C=O) groups excluding carboxylic acids is 2. The van der Waals surface area contributed by atoms with Gasteiger partial charge in [0.2, 0.25) is 11.0 Å². The molecule has 0 aliphatic carbocycles. The number of methoxy groups -OCH3 is 1. The first-order valence-electron chi connectivity index (χ1n) is 9.43. The molecule has 2 aromatic carbocycles. The summed E-state index contributed by atoms with van der Waals surface area (Å²) in [5, 5.41) is 25.1. The lowest BCUT2D eigenvalue weighted by Crippen LogP contribution is -2.25. The zero-order valence-corrected chi connectivity index (χ0v) is 17.8. The van der Waals surface area contributed by atoms with Gasteiger partial charge in [0.15, 0.2) is 0 Å². The van der Waals surface area contributed by atoms with Crippen LogP contribution in [0.1, 0.15) is 20.9 Å². The van der Waals surface area contributed by atoms with Gasteiger partial charge in [0.1, 0.15) is 10.8 Å². The molecule has 0 saturated heterocycles. The maximum Gasteiger partial charge on any atom is 0.270 e. The minimum atomic E-state index is -0.501. The van der Waals surface area contributed by atoms with Crippen LogP contribution in [0.5, 0.6) is 5.75 Å². The predicted molar refractivity (Wildman–Crippen MR) is 120 cm³/mol. The molecule has 0 spiro atoms. The highest BCUT2D eigenvalue weighted by Gasteiger charge is 2.09. The van der Waals surface area contributed by atoms with Crippen LogP contribution in [-0.4, -0.2) is 40.6 Å². The largest absolute Gasteiger partial charge is 0.497 e. The summed E-state index contributed by atoms with van der Waals surface area (Å²) in [5.74, 6) is -0.0690. The molecule has 164 valence electrons. The van der Waals surface area contributed by atoms with E-state index in [1.807, 2.05) is 0 Å². The fraction of sp³-hybridized carbons (Fsp3) is 0.143. The first-order valence-corrected chi connectivity index (χ1v) is 10.2. The lowest BCUT2D eigenvalue weighted by molar-refractivity contribution is -0.384. The first kappa shape index (κ1) is 22.6. The lowest BCUT2D eigenvalue weighted by Gasteiger charge is -2.05. The number of benzene rings is 2. The molecule has 0 fully saturated rings. The zero-order chi connectivity index (χ0) is 22.9. The van der Waals surface area contributed by atoms with Gasteiger partial charge in [0, 0.05) is 36.7 Å². The number of anilines is 1. The van der Waals surface area contributed by atoms with E-state index < -0.39 is 10.8 Å². The maximum atomic E-state index is 12.2. The number of rotatable bonds is 9. The molecule has 11 heteroatoms. The van der Waals surface area contributed by atoms with Crippen LogP contribution in [0.25, 0.3) is 6.08 Å². The molecular formula is C21H19N5O5S. The van der Waals surface area contributed by atoms with E-state index in [2.05, 4.69) is 20.8 Å². The molecule has 1 aromatic heterocycles. The number of nitro benzene ring substituents is 1. The fourth-order valence-electron chi connectivity index (χ4n) is 2.62. The molecule has 0 bridgehead atoms. The van der Waals surface area contributed by atoms with E-state index >= 15 is 0 Å². The number of carbonyl (C=O) groups is 2. The van der Waals surface area contributed by atoms with Crippen molar-refractivity contribution in [2.24, 2.45) is 0 Å². The molecule has 32 heavy (non-hydrogen) atoms. The van der Waals surface area contributed by atoms with E-state index in [1.54, 1.807) is 36.4 Å². The molecule has 0 atom stereocenters. The van der Waals surface area contributed by atoms with Crippen LogP contribution >= 0.6 is 11.3 Å². The van der Waals surface area contributed by atoms with Gasteiger partial charge in [-0.05, 0) is 29.8 Å². The second kappa shape index (κ2) is 10.8. The van der Waals surface area contributed by atoms with Crippen molar-refractivity contribution in [3.05, 3.63) is 80.9 Å². The van der Waals surface area contributed by atoms with Crippen molar-refractivity contribution < 1.29 is 19.2 Å². The summed E-state index contributed by atoms with van der Waals surface area (Å²) in [5.41, 5.74) is 0.962. The number of nitrogens with one attached hydrogen (secondary N) is 2. The third kappa shape index (κ3) is 6.44. The molecule has 10 nitrogen and oxygen atoms in total. The summed E-state index contributed by atoms with van der Waals surface area (Å²) >= 11 is 1.19. The first-order chi connectivity index (χ1) is 15.4. The Balaban J connectivity index is 1.48. The van der Waals surface area contributed by atoms with Crippen LogP contribution in [0.3, 0.4) is 0 Å². The zero-order valence-electron chi connectivity index (χ0n) is 17.0. The van der Waals surface area contributed by atoms with E-state index in [4.69, 9.17) is 4.74 Å². The van der Waals surface area contributed by atoms with Crippen molar-refractivity contribution in [3.63, 3.8) is 0 Å². The average Bonchev–Trinajstić information content (AvgIpc) is 3.24. The minimum absolute atomic E-state index is 0.0557. The molecule has 3 rings (SSSR count). The van der Waals surface area contributed by atoms with E-state index in [1.165, 1.54) is 42.7 Å². The Kier molecular flexibility index (Phi) is 7.60. The molecule has 2 N–H and O–H groups in total. The second-order valence-corrected chi connectivity index (χ2v) is 7.48. The molecule has 3 aromatic rings. The molecule has 0 aliphatic heterocycles. The predicted octanol–water partition coefficient (Wildman–Crippen LogP) is 3.08. The summed E-state index contributed by atoms with van der Waals surface area (Å²) < 4.78 is 5.11. The van der Waals surface area contributed by atoms with Crippen LogP contribution in [-0.2, 0) is 11.2 Å². The summed E-state index contributed by atoms with van der Waals surface area (Å²) in [6, 6.07) is 12.8. The highest BCUT2D eigenvalue weighted by Crippen LogP contribution is 2.17. The van der Waals surface area contributed by atoms with E-state index in [0.717, 1.165) is 0 Å². The van der Waals surface area contributed by atoms with E-state index in [0.29, 0.717) is 40.0 Å². The number of hydrogen-bond donors (Lipinski definition) is 2. The van der Waals surface area contributed by atoms with Gasteiger partial charge >= 0.3 is 0 Å². The number of aromatic nitrogens is 2. The quantitative estimate of drug-likeness (QED) is 0.289. The molecule has 0 unspecified atom stereocenters. The number of nitrogens with zero attached hydrogens (tertiary/aromatic N) is 3. The Labute approximate surface area is 187 Å². The van der Waals surface area contributed by atoms with Crippen LogP contribution < -0.4 is 15.4 Å². The number of amides is 2. The van der Waals surface area contributed by atoms with Crippen molar-refractivity contribution in [1.29, 1.82) is 0 Å². The highest BCUT2D eigenvalue weighted by molar-refractivity contribution is 7.15. The van der Waals surface area contributed by atoms with Crippen molar-refractivity contribution in [1.82, 2.24) is 15.5 Å². The van der Waals surface area contributed by atoms with Gasteiger partial charge in [-0.1, -0.05) is 29.5 Å². The summed E-state index contributed by atoms with van der Waals surface area (Å²) in [6.07, 6.45) is 3.18. The molecule has 0 saturated carbocycles. The SMILES string of the molecule is COc1cccc(C(=O)NCCc2nnc(NC(=O)/C=C/c3cccc([N+](=O)[O-])c3)s2)c1. The Morgan fingerprint density at radius 3 is 2.78 bits per heavy atom. The molecule has 0 aliphatic rings. The Bertz CT molecular complexity index is 1160. The van der Waals surface area contributed by atoms with Gasteiger partial charge in [-0.15, -0.1) is 10.2 Å². The van der Waals surface area contributed by atoms with E-state index in [9.17, 15) is 19.7 Å². The van der Waals surface area contributed by atoms with Crippen molar-refractivity contribution in [3.8, 4) is 5.75 Å². The molecule has 0 radical (unpaired) electrons. The monoisotopic (exact) mass is 453 g/mol. The fourth-order valence-corrected chi connectivity index (χ4v) is 3.36. The van der Waals surface area contributed by atoms with Gasteiger partial charge in [0.05, 0.1) is 12.0 Å². The van der Waals surface area contributed by atoms with Gasteiger partial charge in [-0.3, -0.25) is 25.0 Å². The van der Waals surface area contributed by atoms with Crippen molar-refractivity contribution >= 4 is 40.0 Å². The third-order valence-electron chi connectivity index (χ3n) is 4.16. The normalized spacial score (nSPS) is 10.7. The van der Waals surface area contributed by atoms with Crippen LogP contribution in [0.4, 0.5) is 10.8 Å². The van der Waals surface area contributed by atoms with Gasteiger partial charge in [0.25, 0.3) is 11.6 Å². The number of hydrogen-bond acceptors (Lipinski definition) is 8. The minimum Gasteiger partial charge on any atom is -0.497 e. The Morgan fingerprint density at radius 1 is 1.19 bits per heavy atom. The summed E-state index contributed by atoms with van der Waals surface area (Å²) in [4.78, 5) is 34.6. The highest BCUT2D eigenvalue weighted by atomic mass is 32.1. The topological polar surface area (TPSA) is 136 Å². The average molecular weight is 453 g/mol. The Morgan fingerprint density at radius 2 is 2.00 bits per heavy atom. The number of nitro groups is 1. The summed E-state index contributed by atoms with van der Waals surface area (Å²) in [7, 11) is 1.53. The van der Waals surface area contributed by atoms with Crippen LogP contribution in [0.15, 0.2) is 54.6 Å². The van der Waals surface area contributed by atoms with E-state index in [-0.39, 0.29) is 11.6 Å². The second-order valence-electron chi connectivity index (χ2n) is 6.41. The lowest BCUT2D eigenvalue weighted by atomic mass is 10.2. The van der Waals surface area contributed by atoms with Crippen molar-refractivity contribution in [2.45, 2.75) is 6.42 Å². The van der Waals surface area contributed by atoms with Gasteiger partial charge < -0.3 is 10.1 Å². The molecular weight excluding hydrogens is 434 g/mol.